The molecule has 0 aliphatic carbocycles. The predicted molar refractivity (Wildman–Crippen MR) is 145 cm³/mol. The molecule has 4 rings (SSSR count). The lowest BCUT2D eigenvalue weighted by Crippen LogP contribution is -2.46. The normalized spacial score (nSPS) is 15.8. The molecule has 1 aliphatic heterocycles. The number of phenolic OH excluding ortho intramolecular Hbond substituents is 1. The summed E-state index contributed by atoms with van der Waals surface area (Å²) in [5, 5.41) is 20.4. The molecule has 6 N–H and O–H groups in total. The van der Waals surface area contributed by atoms with Crippen LogP contribution in [0.15, 0.2) is 27.8 Å². The van der Waals surface area contributed by atoms with Gasteiger partial charge in [-0.3, -0.25) is 14.2 Å². The van der Waals surface area contributed by atoms with Gasteiger partial charge in [-0.15, -0.1) is 0 Å². The second-order valence-electron chi connectivity index (χ2n) is 10.4. The van der Waals surface area contributed by atoms with Crippen LogP contribution in [0.1, 0.15) is 69.9 Å². The number of hydrogen-bond acceptors (Lipinski definition) is 7. The van der Waals surface area contributed by atoms with E-state index in [9.17, 15) is 24.6 Å². The highest BCUT2D eigenvalue weighted by Crippen LogP contribution is 2.54. The van der Waals surface area contributed by atoms with Gasteiger partial charge in [0.25, 0.3) is 11.5 Å². The molecule has 10 heteroatoms. The van der Waals surface area contributed by atoms with Gasteiger partial charge in [0.2, 0.25) is 0 Å². The second-order valence-corrected chi connectivity index (χ2v) is 10.4. The smallest absolute Gasteiger partial charge is 0.337 e. The molecule has 0 radical (unpaired) electrons. The number of aryl methyl sites for hydroxylation is 1. The Hall–Kier alpha value is -4.05. The molecule has 1 aromatic heterocycles. The van der Waals surface area contributed by atoms with Crippen LogP contribution in [0.25, 0.3) is 5.69 Å². The Bertz CT molecular complexity index is 1600. The van der Waals surface area contributed by atoms with E-state index in [1.807, 2.05) is 19.9 Å². The first kappa shape index (κ1) is 27.0. The molecule has 0 saturated carbocycles. The van der Waals surface area contributed by atoms with Gasteiger partial charge in [-0.25, -0.2) is 9.36 Å². The maximum absolute atomic E-state index is 14.0. The third kappa shape index (κ3) is 3.87. The van der Waals surface area contributed by atoms with Crippen molar-refractivity contribution in [2.24, 2.45) is 5.73 Å². The molecule has 1 unspecified atom stereocenters. The Morgan fingerprint density at radius 2 is 1.74 bits per heavy atom. The van der Waals surface area contributed by atoms with E-state index in [0.29, 0.717) is 16.8 Å². The molecular weight excluding hydrogens is 488 g/mol. The number of ether oxygens (including phenoxy) is 1. The number of aliphatic hydroxyl groups excluding tert-OH is 1. The summed E-state index contributed by atoms with van der Waals surface area (Å²) in [6, 6.07) is 5.46. The molecule has 0 spiro atoms. The summed E-state index contributed by atoms with van der Waals surface area (Å²) in [5.41, 5.74) is 13.5. The van der Waals surface area contributed by atoms with Crippen molar-refractivity contribution < 1.29 is 19.7 Å². The number of aromatic nitrogens is 2. The van der Waals surface area contributed by atoms with Crippen molar-refractivity contribution in [1.29, 1.82) is 0 Å². The number of phenols is 1. The van der Waals surface area contributed by atoms with Crippen molar-refractivity contribution in [3.8, 4) is 17.2 Å². The Morgan fingerprint density at radius 1 is 1.08 bits per heavy atom. The van der Waals surface area contributed by atoms with Gasteiger partial charge in [0.1, 0.15) is 22.9 Å². The molecular formula is C28H34N4O6. The summed E-state index contributed by atoms with van der Waals surface area (Å²) in [6.45, 7) is 10.3. The molecule has 38 heavy (non-hydrogen) atoms. The van der Waals surface area contributed by atoms with Crippen LogP contribution in [0, 0.1) is 27.7 Å². The number of benzene rings is 2. The number of carbonyl (C=O) groups is 1. The standard InChI is InChI=1S/C28H34N4O6/c1-13-9-7-10-17(14(13)2)32-24(29)20(26(36)31(27(32)37)11-8-12-33)21-18-15(3)22(34)16(4)19(25(30)35)23(18)38-28(21,5)6/h7,9-10,21,33-34H,8,11-12,29H2,1-6H3,(H2,30,35). The number of carbonyl (C=O) groups excluding carboxylic acids is 1. The summed E-state index contributed by atoms with van der Waals surface area (Å²) >= 11 is 0. The molecule has 0 bridgehead atoms. The monoisotopic (exact) mass is 522 g/mol. The van der Waals surface area contributed by atoms with Crippen molar-refractivity contribution in [3.05, 3.63) is 78.0 Å². The average Bonchev–Trinajstić information content (AvgIpc) is 3.10. The molecule has 2 heterocycles. The third-order valence-corrected chi connectivity index (χ3v) is 7.62. The lowest BCUT2D eigenvalue weighted by Gasteiger charge is -2.29. The van der Waals surface area contributed by atoms with Crippen molar-refractivity contribution in [3.63, 3.8) is 0 Å². The summed E-state index contributed by atoms with van der Waals surface area (Å²) in [6.07, 6.45) is 0.178. The zero-order valence-corrected chi connectivity index (χ0v) is 22.5. The second kappa shape index (κ2) is 9.36. The summed E-state index contributed by atoms with van der Waals surface area (Å²) in [4.78, 5) is 40.1. The van der Waals surface area contributed by atoms with Crippen molar-refractivity contribution in [2.45, 2.75) is 66.0 Å². The number of nitrogen functional groups attached to an aromatic ring is 1. The quantitative estimate of drug-likeness (QED) is 0.386. The molecule has 1 atom stereocenters. The first-order valence-electron chi connectivity index (χ1n) is 12.4. The fraction of sp³-hybridized carbons (Fsp3) is 0.393. The number of aliphatic hydroxyl groups is 1. The largest absolute Gasteiger partial charge is 0.507 e. The van der Waals surface area contributed by atoms with Crippen LogP contribution >= 0.6 is 0 Å². The van der Waals surface area contributed by atoms with Gasteiger partial charge in [-0.1, -0.05) is 12.1 Å². The Labute approximate surface area is 220 Å². The zero-order valence-electron chi connectivity index (χ0n) is 22.5. The number of fused-ring (bicyclic) bond motifs is 1. The van der Waals surface area contributed by atoms with Crippen LogP contribution in [0.3, 0.4) is 0 Å². The molecule has 0 saturated heterocycles. The SMILES string of the molecule is Cc1cccc(-n2c(N)c(C3c4c(C)c(O)c(C)c(C(N)=O)c4OC3(C)C)c(=O)n(CCCO)c2=O)c1C. The van der Waals surface area contributed by atoms with Gasteiger partial charge in [0.05, 0.1) is 22.7 Å². The molecule has 1 aliphatic rings. The van der Waals surface area contributed by atoms with Gasteiger partial charge < -0.3 is 26.4 Å². The predicted octanol–water partition coefficient (Wildman–Crippen LogP) is 2.30. The van der Waals surface area contributed by atoms with Crippen molar-refractivity contribution in [2.75, 3.05) is 12.3 Å². The fourth-order valence-corrected chi connectivity index (χ4v) is 5.51. The van der Waals surface area contributed by atoms with E-state index in [-0.39, 0.29) is 53.6 Å². The molecule has 0 fully saturated rings. The Morgan fingerprint density at radius 3 is 2.34 bits per heavy atom. The number of anilines is 1. The maximum atomic E-state index is 14.0. The van der Waals surface area contributed by atoms with E-state index in [1.54, 1.807) is 39.8 Å². The molecule has 10 nitrogen and oxygen atoms in total. The number of nitrogens with zero attached hydrogens (tertiary/aromatic N) is 2. The van der Waals surface area contributed by atoms with Crippen molar-refractivity contribution >= 4 is 11.7 Å². The first-order valence-corrected chi connectivity index (χ1v) is 12.4. The molecule has 202 valence electrons. The first-order chi connectivity index (χ1) is 17.8. The van der Waals surface area contributed by atoms with E-state index in [1.165, 1.54) is 4.57 Å². The lowest BCUT2D eigenvalue weighted by atomic mass is 9.78. The van der Waals surface area contributed by atoms with Crippen LogP contribution in [0.4, 0.5) is 5.82 Å². The Kier molecular flexibility index (Phi) is 6.65. The van der Waals surface area contributed by atoms with Crippen LogP contribution in [-0.4, -0.2) is 37.5 Å². The Balaban J connectivity index is 2.18. The summed E-state index contributed by atoms with van der Waals surface area (Å²) in [7, 11) is 0. The van der Waals surface area contributed by atoms with E-state index < -0.39 is 28.7 Å². The molecule has 2 aromatic carbocycles. The lowest BCUT2D eigenvalue weighted by molar-refractivity contribution is 0.0976. The number of rotatable bonds is 6. The van der Waals surface area contributed by atoms with Gasteiger partial charge in [0, 0.05) is 24.3 Å². The van der Waals surface area contributed by atoms with Crippen molar-refractivity contribution in [1.82, 2.24) is 9.13 Å². The number of nitrogens with two attached hydrogens (primary N) is 2. The van der Waals surface area contributed by atoms with E-state index in [2.05, 4.69) is 0 Å². The van der Waals surface area contributed by atoms with E-state index >= 15 is 0 Å². The number of amides is 1. The molecule has 3 aromatic rings. The topological polar surface area (TPSA) is 163 Å². The highest BCUT2D eigenvalue weighted by atomic mass is 16.5. The van der Waals surface area contributed by atoms with E-state index in [0.717, 1.165) is 15.7 Å². The number of hydrogen-bond donors (Lipinski definition) is 4. The maximum Gasteiger partial charge on any atom is 0.337 e. The van der Waals surface area contributed by atoms with E-state index in [4.69, 9.17) is 16.2 Å². The summed E-state index contributed by atoms with van der Waals surface area (Å²) < 4.78 is 8.65. The number of primary amides is 1. The summed E-state index contributed by atoms with van der Waals surface area (Å²) in [5.74, 6) is -1.65. The minimum atomic E-state index is -1.11. The van der Waals surface area contributed by atoms with Gasteiger partial charge in [0.15, 0.2) is 0 Å². The van der Waals surface area contributed by atoms with Crippen LogP contribution in [0.2, 0.25) is 0 Å². The van der Waals surface area contributed by atoms with Crippen LogP contribution in [0.5, 0.6) is 11.5 Å². The van der Waals surface area contributed by atoms with Gasteiger partial charge >= 0.3 is 5.69 Å². The zero-order chi connectivity index (χ0) is 28.3. The van der Waals surface area contributed by atoms with Gasteiger partial charge in [-0.05, 0) is 70.7 Å². The highest BCUT2D eigenvalue weighted by Gasteiger charge is 2.49. The molecule has 1 amide bonds. The minimum Gasteiger partial charge on any atom is -0.507 e. The van der Waals surface area contributed by atoms with Crippen LogP contribution in [-0.2, 0) is 6.54 Å². The van der Waals surface area contributed by atoms with Crippen LogP contribution < -0.4 is 27.5 Å². The number of aromatic hydroxyl groups is 1. The fourth-order valence-electron chi connectivity index (χ4n) is 5.51. The van der Waals surface area contributed by atoms with Gasteiger partial charge in [-0.2, -0.15) is 0 Å². The average molecular weight is 523 g/mol. The minimum absolute atomic E-state index is 0.0284. The third-order valence-electron chi connectivity index (χ3n) is 7.62. The highest BCUT2D eigenvalue weighted by molar-refractivity contribution is 5.99.